The van der Waals surface area contributed by atoms with Gasteiger partial charge in [0.1, 0.15) is 0 Å². The van der Waals surface area contributed by atoms with Crippen LogP contribution in [-0.2, 0) is 0 Å². The highest BCUT2D eigenvalue weighted by Gasteiger charge is 2.12. The fourth-order valence-corrected chi connectivity index (χ4v) is 2.30. The van der Waals surface area contributed by atoms with Gasteiger partial charge in [0.15, 0.2) is 0 Å². The van der Waals surface area contributed by atoms with Crippen LogP contribution in [0.25, 0.3) is 10.9 Å². The molecule has 2 N–H and O–H groups in total. The molecule has 0 bridgehead atoms. The third-order valence-corrected chi connectivity index (χ3v) is 3.45. The maximum absolute atomic E-state index is 12.2. The molecule has 2 aromatic rings. The summed E-state index contributed by atoms with van der Waals surface area (Å²) >= 11 is 0. The van der Waals surface area contributed by atoms with Crippen LogP contribution in [0.3, 0.4) is 0 Å². The minimum Gasteiger partial charge on any atom is -0.395 e. The van der Waals surface area contributed by atoms with Gasteiger partial charge in [-0.1, -0.05) is 6.92 Å². The standard InChI is InChI=1S/C16H24N4O2/c1-4-7-19(8-9-21)16(22)17-14-5-6-15-13(10-14)11-20(18-15)12(2)3/h5-6,10-12,21H,4,7-9H2,1-3H3,(H,17,22). The van der Waals surface area contributed by atoms with E-state index in [0.29, 0.717) is 19.1 Å². The number of hydrogen-bond donors (Lipinski definition) is 2. The lowest BCUT2D eigenvalue weighted by molar-refractivity contribution is 0.188. The third-order valence-electron chi connectivity index (χ3n) is 3.45. The van der Waals surface area contributed by atoms with Crippen LogP contribution in [0.15, 0.2) is 24.4 Å². The van der Waals surface area contributed by atoms with Crippen LogP contribution in [0.4, 0.5) is 10.5 Å². The number of urea groups is 1. The van der Waals surface area contributed by atoms with Gasteiger partial charge in [0.25, 0.3) is 0 Å². The van der Waals surface area contributed by atoms with Crippen LogP contribution >= 0.6 is 0 Å². The molecule has 22 heavy (non-hydrogen) atoms. The molecule has 1 aromatic carbocycles. The van der Waals surface area contributed by atoms with Crippen LogP contribution in [0.2, 0.25) is 0 Å². The van der Waals surface area contributed by atoms with E-state index in [2.05, 4.69) is 24.3 Å². The van der Waals surface area contributed by atoms with Crippen molar-refractivity contribution in [1.29, 1.82) is 0 Å². The van der Waals surface area contributed by atoms with E-state index in [-0.39, 0.29) is 12.6 Å². The van der Waals surface area contributed by atoms with E-state index in [1.54, 1.807) is 4.90 Å². The summed E-state index contributed by atoms with van der Waals surface area (Å²) in [6, 6.07) is 5.78. The number of carbonyl (C=O) groups excluding carboxylic acids is 1. The SMILES string of the molecule is CCCN(CCO)C(=O)Nc1ccc2nn(C(C)C)cc2c1. The Balaban J connectivity index is 2.14. The van der Waals surface area contributed by atoms with Gasteiger partial charge in [-0.3, -0.25) is 4.68 Å². The summed E-state index contributed by atoms with van der Waals surface area (Å²) in [7, 11) is 0. The van der Waals surface area contributed by atoms with Gasteiger partial charge in [-0.05, 0) is 38.5 Å². The molecule has 0 fully saturated rings. The molecule has 1 heterocycles. The number of rotatable bonds is 6. The molecule has 0 aliphatic rings. The predicted molar refractivity (Wildman–Crippen MR) is 88.1 cm³/mol. The first-order valence-corrected chi connectivity index (χ1v) is 7.70. The lowest BCUT2D eigenvalue weighted by Gasteiger charge is -2.21. The van der Waals surface area contributed by atoms with E-state index in [9.17, 15) is 4.79 Å². The van der Waals surface area contributed by atoms with E-state index >= 15 is 0 Å². The summed E-state index contributed by atoms with van der Waals surface area (Å²) in [5.41, 5.74) is 1.65. The van der Waals surface area contributed by atoms with Crippen molar-refractivity contribution in [3.63, 3.8) is 0 Å². The summed E-state index contributed by atoms with van der Waals surface area (Å²) < 4.78 is 1.91. The first-order chi connectivity index (χ1) is 10.5. The minimum atomic E-state index is -0.188. The lowest BCUT2D eigenvalue weighted by atomic mass is 10.2. The van der Waals surface area contributed by atoms with Crippen molar-refractivity contribution in [3.8, 4) is 0 Å². The van der Waals surface area contributed by atoms with E-state index in [1.807, 2.05) is 36.0 Å². The number of carbonyl (C=O) groups is 1. The molecule has 6 heteroatoms. The first kappa shape index (κ1) is 16.3. The summed E-state index contributed by atoms with van der Waals surface area (Å²) in [6.45, 7) is 7.09. The van der Waals surface area contributed by atoms with Gasteiger partial charge in [0.2, 0.25) is 0 Å². The average molecular weight is 304 g/mol. The van der Waals surface area contributed by atoms with Gasteiger partial charge >= 0.3 is 6.03 Å². The van der Waals surface area contributed by atoms with Gasteiger partial charge < -0.3 is 15.3 Å². The van der Waals surface area contributed by atoms with Gasteiger partial charge in [-0.2, -0.15) is 5.10 Å². The van der Waals surface area contributed by atoms with E-state index < -0.39 is 0 Å². The van der Waals surface area contributed by atoms with Crippen LogP contribution < -0.4 is 5.32 Å². The zero-order chi connectivity index (χ0) is 16.1. The summed E-state index contributed by atoms with van der Waals surface area (Å²) in [6.07, 6.45) is 2.83. The number of nitrogens with zero attached hydrogens (tertiary/aromatic N) is 3. The summed E-state index contributed by atoms with van der Waals surface area (Å²) in [4.78, 5) is 13.8. The molecule has 2 amide bonds. The topological polar surface area (TPSA) is 70.4 Å². The number of aromatic nitrogens is 2. The Kier molecular flexibility index (Phi) is 5.38. The quantitative estimate of drug-likeness (QED) is 0.862. The number of amides is 2. The molecular formula is C16H24N4O2. The maximum Gasteiger partial charge on any atom is 0.321 e. The summed E-state index contributed by atoms with van der Waals surface area (Å²) in [5, 5.41) is 17.4. The molecule has 0 atom stereocenters. The number of fused-ring (bicyclic) bond motifs is 1. The molecule has 0 saturated carbocycles. The van der Waals surface area contributed by atoms with Gasteiger partial charge in [-0.25, -0.2) is 4.79 Å². The molecule has 2 rings (SSSR count). The van der Waals surface area contributed by atoms with Crippen molar-refractivity contribution < 1.29 is 9.90 Å². The van der Waals surface area contributed by atoms with Crippen molar-refractivity contribution in [2.75, 3.05) is 25.0 Å². The summed E-state index contributed by atoms with van der Waals surface area (Å²) in [5.74, 6) is 0. The van der Waals surface area contributed by atoms with Crippen LogP contribution in [0.5, 0.6) is 0 Å². The molecule has 0 radical (unpaired) electrons. The first-order valence-electron chi connectivity index (χ1n) is 7.70. The Morgan fingerprint density at radius 1 is 1.41 bits per heavy atom. The Hall–Kier alpha value is -2.08. The number of aliphatic hydroxyl groups is 1. The van der Waals surface area contributed by atoms with Crippen molar-refractivity contribution in [2.24, 2.45) is 0 Å². The highest BCUT2D eigenvalue weighted by molar-refractivity contribution is 5.92. The van der Waals surface area contributed by atoms with Crippen molar-refractivity contribution in [2.45, 2.75) is 33.2 Å². The molecule has 0 aliphatic carbocycles. The van der Waals surface area contributed by atoms with Gasteiger partial charge in [0, 0.05) is 36.4 Å². The molecule has 6 nitrogen and oxygen atoms in total. The zero-order valence-electron chi connectivity index (χ0n) is 13.4. The second-order valence-electron chi connectivity index (χ2n) is 5.62. The van der Waals surface area contributed by atoms with E-state index in [0.717, 1.165) is 23.0 Å². The monoisotopic (exact) mass is 304 g/mol. The largest absolute Gasteiger partial charge is 0.395 e. The second-order valence-corrected chi connectivity index (χ2v) is 5.62. The molecule has 120 valence electrons. The smallest absolute Gasteiger partial charge is 0.321 e. The minimum absolute atomic E-state index is 0.0341. The van der Waals surface area contributed by atoms with Crippen molar-refractivity contribution >= 4 is 22.6 Å². The molecule has 0 aliphatic heterocycles. The van der Waals surface area contributed by atoms with Crippen molar-refractivity contribution in [1.82, 2.24) is 14.7 Å². The van der Waals surface area contributed by atoms with E-state index in [4.69, 9.17) is 5.11 Å². The Morgan fingerprint density at radius 3 is 2.82 bits per heavy atom. The zero-order valence-corrected chi connectivity index (χ0v) is 13.4. The Bertz CT molecular complexity index is 630. The number of aliphatic hydroxyl groups excluding tert-OH is 1. The normalized spacial score (nSPS) is 11.1. The number of hydrogen-bond acceptors (Lipinski definition) is 3. The lowest BCUT2D eigenvalue weighted by Crippen LogP contribution is -2.37. The second kappa shape index (κ2) is 7.26. The Labute approximate surface area is 130 Å². The highest BCUT2D eigenvalue weighted by Crippen LogP contribution is 2.20. The number of nitrogens with one attached hydrogen (secondary N) is 1. The molecular weight excluding hydrogens is 280 g/mol. The number of anilines is 1. The molecule has 1 aromatic heterocycles. The number of benzene rings is 1. The highest BCUT2D eigenvalue weighted by atomic mass is 16.3. The van der Waals surface area contributed by atoms with Crippen LogP contribution in [0, 0.1) is 0 Å². The van der Waals surface area contributed by atoms with Crippen LogP contribution in [0.1, 0.15) is 33.2 Å². The average Bonchev–Trinajstić information content (AvgIpc) is 2.90. The molecule has 0 spiro atoms. The van der Waals surface area contributed by atoms with Gasteiger partial charge in [-0.15, -0.1) is 0 Å². The van der Waals surface area contributed by atoms with Crippen molar-refractivity contribution in [3.05, 3.63) is 24.4 Å². The Morgan fingerprint density at radius 2 is 2.18 bits per heavy atom. The predicted octanol–water partition coefficient (Wildman–Crippen LogP) is 2.85. The fraction of sp³-hybridized carbons (Fsp3) is 0.500. The van der Waals surface area contributed by atoms with Crippen LogP contribution in [-0.4, -0.2) is 45.5 Å². The third kappa shape index (κ3) is 3.76. The molecule has 0 saturated heterocycles. The molecule has 0 unspecified atom stereocenters. The van der Waals surface area contributed by atoms with E-state index in [1.165, 1.54) is 0 Å². The fourth-order valence-electron chi connectivity index (χ4n) is 2.30. The maximum atomic E-state index is 12.2. The van der Waals surface area contributed by atoms with Gasteiger partial charge in [0.05, 0.1) is 12.1 Å².